The number of rotatable bonds is 4. The third-order valence-corrected chi connectivity index (χ3v) is 4.61. The molecule has 0 radical (unpaired) electrons. The summed E-state index contributed by atoms with van der Waals surface area (Å²) in [6.07, 6.45) is 13.7. The molecule has 94 valence electrons. The van der Waals surface area contributed by atoms with Crippen molar-refractivity contribution in [3.8, 4) is 0 Å². The number of hydrogen-bond acceptors (Lipinski definition) is 3. The first-order valence-corrected chi connectivity index (χ1v) is 7.20. The van der Waals surface area contributed by atoms with Crippen molar-refractivity contribution in [1.29, 1.82) is 0 Å². The molecule has 2 nitrogen and oxygen atoms in total. The Morgan fingerprint density at radius 1 is 1.41 bits per heavy atom. The highest BCUT2D eigenvalue weighted by atomic mass is 32.2. The number of allylic oxidation sites excluding steroid dienone is 2. The lowest BCUT2D eigenvalue weighted by Crippen LogP contribution is -2.31. The summed E-state index contributed by atoms with van der Waals surface area (Å²) in [7, 11) is 0. The fraction of sp³-hybridized carbons (Fsp3) is 0.571. The molecule has 1 aliphatic heterocycles. The lowest BCUT2D eigenvalue weighted by Gasteiger charge is -2.35. The monoisotopic (exact) mass is 250 g/mol. The molecule has 0 aromatic rings. The Labute approximate surface area is 109 Å². The van der Waals surface area contributed by atoms with Crippen LogP contribution in [0.2, 0.25) is 0 Å². The van der Waals surface area contributed by atoms with E-state index in [0.29, 0.717) is 0 Å². The minimum atomic E-state index is 0.226. The van der Waals surface area contributed by atoms with Crippen LogP contribution in [-0.2, 0) is 0 Å². The first-order valence-electron chi connectivity index (χ1n) is 6.43. The van der Waals surface area contributed by atoms with Crippen LogP contribution in [0.4, 0.5) is 0 Å². The van der Waals surface area contributed by atoms with Gasteiger partial charge in [0.25, 0.3) is 0 Å². The Hall–Kier alpha value is -0.670. The number of hydrogen-bond donors (Lipinski definition) is 1. The van der Waals surface area contributed by atoms with Crippen molar-refractivity contribution >= 4 is 11.9 Å². The highest BCUT2D eigenvalue weighted by Crippen LogP contribution is 2.37. The summed E-state index contributed by atoms with van der Waals surface area (Å²) in [6, 6.07) is 0. The van der Waals surface area contributed by atoms with Crippen molar-refractivity contribution in [2.45, 2.75) is 37.4 Å². The second-order valence-electron chi connectivity index (χ2n) is 4.94. The molecule has 0 spiro atoms. The van der Waals surface area contributed by atoms with Crippen molar-refractivity contribution in [2.24, 2.45) is 0 Å². The second-order valence-corrected chi connectivity index (χ2v) is 6.57. The van der Waals surface area contributed by atoms with Crippen molar-refractivity contribution in [2.75, 3.05) is 13.1 Å². The number of piperidine rings is 1. The topological polar surface area (TPSA) is 15.3 Å². The number of nitrogens with one attached hydrogen (secondary N) is 1. The van der Waals surface area contributed by atoms with Gasteiger partial charge >= 0.3 is 0 Å². The minimum Gasteiger partial charge on any atom is -0.363 e. The summed E-state index contributed by atoms with van der Waals surface area (Å²) in [5, 5.41) is 3.14. The van der Waals surface area contributed by atoms with Crippen LogP contribution in [0.25, 0.3) is 0 Å². The molecular weight excluding hydrogens is 228 g/mol. The van der Waals surface area contributed by atoms with Crippen molar-refractivity contribution in [3.63, 3.8) is 0 Å². The molecule has 1 saturated heterocycles. The van der Waals surface area contributed by atoms with Crippen LogP contribution in [-0.4, -0.2) is 22.1 Å². The van der Waals surface area contributed by atoms with Crippen molar-refractivity contribution in [1.82, 2.24) is 9.62 Å². The van der Waals surface area contributed by atoms with Gasteiger partial charge in [0.1, 0.15) is 0 Å². The standard InChI is InChI=1S/C14H22N2S/c1-3-15-13-7-9-14(2,10-8-13)17-16-11-5-4-6-12-16/h3,7-9,15H,1,4-6,10-12H2,2H3. The highest BCUT2D eigenvalue weighted by Gasteiger charge is 2.27. The van der Waals surface area contributed by atoms with Crippen molar-refractivity contribution in [3.05, 3.63) is 36.7 Å². The second kappa shape index (κ2) is 5.78. The zero-order chi connectivity index (χ0) is 12.1. The molecule has 1 unspecified atom stereocenters. The summed E-state index contributed by atoms with van der Waals surface area (Å²) in [6.45, 7) is 8.50. The predicted octanol–water partition coefficient (Wildman–Crippen LogP) is 3.46. The van der Waals surface area contributed by atoms with Gasteiger partial charge in [0.2, 0.25) is 0 Å². The van der Waals surface area contributed by atoms with E-state index in [1.807, 2.05) is 11.9 Å². The van der Waals surface area contributed by atoms with Gasteiger partial charge < -0.3 is 5.32 Å². The maximum atomic E-state index is 3.69. The molecule has 1 atom stereocenters. The van der Waals surface area contributed by atoms with Crippen LogP contribution in [0.3, 0.4) is 0 Å². The summed E-state index contributed by atoms with van der Waals surface area (Å²) in [5.74, 6) is 0. The van der Waals surface area contributed by atoms with E-state index in [0.717, 1.165) is 12.1 Å². The average Bonchev–Trinajstić information content (AvgIpc) is 2.34. The summed E-state index contributed by atoms with van der Waals surface area (Å²) in [5.41, 5.74) is 1.16. The zero-order valence-corrected chi connectivity index (χ0v) is 11.4. The van der Waals surface area contributed by atoms with Crippen LogP contribution < -0.4 is 5.32 Å². The van der Waals surface area contributed by atoms with Crippen LogP contribution in [0.15, 0.2) is 36.7 Å². The van der Waals surface area contributed by atoms with Gasteiger partial charge in [-0.3, -0.25) is 0 Å². The molecule has 1 heterocycles. The Balaban J connectivity index is 1.88. The van der Waals surface area contributed by atoms with E-state index in [1.54, 1.807) is 6.20 Å². The normalized spacial score (nSPS) is 29.8. The van der Waals surface area contributed by atoms with E-state index in [2.05, 4.69) is 41.4 Å². The Bertz CT molecular complexity index is 329. The zero-order valence-electron chi connectivity index (χ0n) is 10.6. The Morgan fingerprint density at radius 3 is 2.76 bits per heavy atom. The highest BCUT2D eigenvalue weighted by molar-refractivity contribution is 7.98. The number of nitrogens with zero attached hydrogens (tertiary/aromatic N) is 1. The Morgan fingerprint density at radius 2 is 2.18 bits per heavy atom. The van der Waals surface area contributed by atoms with E-state index in [9.17, 15) is 0 Å². The van der Waals surface area contributed by atoms with Crippen LogP contribution in [0.5, 0.6) is 0 Å². The minimum absolute atomic E-state index is 0.226. The van der Waals surface area contributed by atoms with E-state index in [1.165, 1.54) is 32.4 Å². The molecule has 0 aromatic heterocycles. The van der Waals surface area contributed by atoms with Gasteiger partial charge in [0.05, 0.1) is 0 Å². The quantitative estimate of drug-likeness (QED) is 0.769. The molecule has 0 saturated carbocycles. The van der Waals surface area contributed by atoms with Gasteiger partial charge in [0.15, 0.2) is 0 Å². The van der Waals surface area contributed by atoms with Gasteiger partial charge in [-0.15, -0.1) is 0 Å². The first-order chi connectivity index (χ1) is 8.22. The maximum Gasteiger partial charge on any atom is 0.0496 e. The molecule has 2 rings (SSSR count). The van der Waals surface area contributed by atoms with Gasteiger partial charge in [-0.25, -0.2) is 4.31 Å². The largest absolute Gasteiger partial charge is 0.363 e. The van der Waals surface area contributed by atoms with E-state index >= 15 is 0 Å². The van der Waals surface area contributed by atoms with Crippen LogP contribution in [0, 0.1) is 0 Å². The van der Waals surface area contributed by atoms with Gasteiger partial charge in [-0.05, 0) is 38.5 Å². The summed E-state index contributed by atoms with van der Waals surface area (Å²) in [4.78, 5) is 0. The maximum absolute atomic E-state index is 3.69. The molecule has 3 heteroatoms. The summed E-state index contributed by atoms with van der Waals surface area (Å²) >= 11 is 2.01. The molecule has 0 amide bonds. The first kappa shape index (κ1) is 12.8. The van der Waals surface area contributed by atoms with E-state index < -0.39 is 0 Å². The van der Waals surface area contributed by atoms with Crippen LogP contribution in [0.1, 0.15) is 32.6 Å². The van der Waals surface area contributed by atoms with Crippen molar-refractivity contribution < 1.29 is 0 Å². The molecular formula is C14H22N2S. The lowest BCUT2D eigenvalue weighted by molar-refractivity contribution is 0.376. The lowest BCUT2D eigenvalue weighted by atomic mass is 10.0. The fourth-order valence-electron chi connectivity index (χ4n) is 2.26. The third-order valence-electron chi connectivity index (χ3n) is 3.26. The van der Waals surface area contributed by atoms with Gasteiger partial charge in [0, 0.05) is 23.5 Å². The molecule has 2 aliphatic rings. The molecule has 1 aliphatic carbocycles. The fourth-order valence-corrected chi connectivity index (χ4v) is 3.58. The molecule has 1 N–H and O–H groups in total. The third kappa shape index (κ3) is 3.65. The molecule has 0 aromatic carbocycles. The van der Waals surface area contributed by atoms with Gasteiger partial charge in [-0.1, -0.05) is 37.1 Å². The molecule has 1 fully saturated rings. The molecule has 17 heavy (non-hydrogen) atoms. The average molecular weight is 250 g/mol. The predicted molar refractivity (Wildman–Crippen MR) is 76.6 cm³/mol. The SMILES string of the molecule is C=CNC1=CCC(C)(SN2CCCCC2)C=C1. The van der Waals surface area contributed by atoms with Gasteiger partial charge in [-0.2, -0.15) is 0 Å². The van der Waals surface area contributed by atoms with E-state index in [-0.39, 0.29) is 4.75 Å². The molecule has 0 bridgehead atoms. The van der Waals surface area contributed by atoms with E-state index in [4.69, 9.17) is 0 Å². The smallest absolute Gasteiger partial charge is 0.0496 e. The Kier molecular flexibility index (Phi) is 4.35. The summed E-state index contributed by atoms with van der Waals surface area (Å²) < 4.78 is 2.76. The van der Waals surface area contributed by atoms with Crippen LogP contribution >= 0.6 is 11.9 Å².